The van der Waals surface area contributed by atoms with Gasteiger partial charge in [0.15, 0.2) is 0 Å². The molecule has 0 saturated heterocycles. The van der Waals surface area contributed by atoms with Crippen molar-refractivity contribution >= 4 is 32.5 Å². The minimum absolute atomic E-state index is 0. The van der Waals surface area contributed by atoms with Gasteiger partial charge in [0.25, 0.3) is 16.0 Å². The van der Waals surface area contributed by atoms with Gasteiger partial charge in [-0.25, -0.2) is 0 Å². The van der Waals surface area contributed by atoms with Gasteiger partial charge in [0.05, 0.1) is 0 Å². The van der Waals surface area contributed by atoms with Gasteiger partial charge in [-0.3, -0.25) is 9.35 Å². The Kier molecular flexibility index (Phi) is 3.25. The monoisotopic (exact) mass is 272 g/mol. The maximum absolute atomic E-state index is 11.6. The molecule has 0 unspecified atom stereocenters. The van der Waals surface area contributed by atoms with E-state index in [1.165, 1.54) is 12.1 Å². The van der Waals surface area contributed by atoms with Crippen LogP contribution < -0.4 is 34.9 Å². The van der Waals surface area contributed by atoms with Crippen LogP contribution in [-0.4, -0.2) is 18.9 Å². The van der Waals surface area contributed by atoms with E-state index in [4.69, 9.17) is 4.55 Å². The average Bonchev–Trinajstić information content (AvgIpc) is 2.57. The standard InChI is InChI=1S/C11H7NO4S.Na/c13-11-7-3-1-2-6-9(17(14,15)16)5-4-8(12-11)10(6)7;/h1-5H,(H,12,13)(H,14,15,16);/q;+1. The average molecular weight is 272 g/mol. The fourth-order valence-electron chi connectivity index (χ4n) is 2.09. The smallest absolute Gasteiger partial charge is 0.321 e. The molecule has 2 aromatic carbocycles. The number of carbonyl (C=O) groups is 1. The van der Waals surface area contributed by atoms with E-state index in [9.17, 15) is 13.2 Å². The van der Waals surface area contributed by atoms with E-state index in [0.29, 0.717) is 22.0 Å². The van der Waals surface area contributed by atoms with Crippen LogP contribution >= 0.6 is 0 Å². The van der Waals surface area contributed by atoms with Crippen LogP contribution in [0.15, 0.2) is 35.2 Å². The fraction of sp³-hybridized carbons (Fsp3) is 0. The van der Waals surface area contributed by atoms with Crippen molar-refractivity contribution in [1.29, 1.82) is 0 Å². The van der Waals surface area contributed by atoms with Crippen molar-refractivity contribution < 1.29 is 47.3 Å². The van der Waals surface area contributed by atoms with Gasteiger partial charge in [-0.2, -0.15) is 8.42 Å². The first kappa shape index (κ1) is 13.5. The van der Waals surface area contributed by atoms with Crippen LogP contribution in [0, 0.1) is 0 Å². The van der Waals surface area contributed by atoms with Gasteiger partial charge in [-0.1, -0.05) is 12.1 Å². The number of nitrogens with one attached hydrogen (secondary N) is 1. The Labute approximate surface area is 125 Å². The van der Waals surface area contributed by atoms with Crippen LogP contribution in [0.4, 0.5) is 5.69 Å². The zero-order valence-corrected chi connectivity index (χ0v) is 12.3. The summed E-state index contributed by atoms with van der Waals surface area (Å²) in [6.07, 6.45) is 0. The minimum atomic E-state index is -4.29. The third-order valence-corrected chi connectivity index (χ3v) is 3.68. The zero-order chi connectivity index (χ0) is 12.2. The summed E-state index contributed by atoms with van der Waals surface area (Å²) in [7, 11) is -4.29. The Morgan fingerprint density at radius 1 is 1.11 bits per heavy atom. The van der Waals surface area contributed by atoms with Crippen molar-refractivity contribution in [2.75, 3.05) is 5.32 Å². The molecule has 0 aromatic heterocycles. The van der Waals surface area contributed by atoms with Crippen molar-refractivity contribution in [1.82, 2.24) is 0 Å². The summed E-state index contributed by atoms with van der Waals surface area (Å²) in [6.45, 7) is 0. The maximum Gasteiger partial charge on any atom is 1.00 e. The molecule has 0 bridgehead atoms. The number of benzene rings is 2. The molecular formula is C11H7NNaO4S+. The molecule has 2 aromatic rings. The third kappa shape index (κ3) is 1.86. The quantitative estimate of drug-likeness (QED) is 0.497. The number of hydrogen-bond donors (Lipinski definition) is 2. The number of amides is 1. The van der Waals surface area contributed by atoms with Crippen molar-refractivity contribution in [3.63, 3.8) is 0 Å². The summed E-state index contributed by atoms with van der Waals surface area (Å²) in [6, 6.07) is 7.51. The second kappa shape index (κ2) is 4.32. The SMILES string of the molecule is O=C1Nc2ccc(S(=O)(=O)O)c3cccc1c23.[Na+]. The molecule has 1 aliphatic heterocycles. The van der Waals surface area contributed by atoms with Gasteiger partial charge in [-0.15, -0.1) is 0 Å². The second-order valence-electron chi connectivity index (χ2n) is 3.77. The van der Waals surface area contributed by atoms with Crippen molar-refractivity contribution in [2.45, 2.75) is 4.90 Å². The Bertz CT molecular complexity index is 770. The molecule has 0 fully saturated rings. The topological polar surface area (TPSA) is 83.5 Å². The van der Waals surface area contributed by atoms with Gasteiger partial charge in [0.2, 0.25) is 0 Å². The molecule has 0 spiro atoms. The summed E-state index contributed by atoms with van der Waals surface area (Å²) in [5.74, 6) is -0.266. The van der Waals surface area contributed by atoms with E-state index in [2.05, 4.69) is 5.32 Å². The summed E-state index contributed by atoms with van der Waals surface area (Å²) in [5, 5.41) is 3.52. The van der Waals surface area contributed by atoms with Crippen LogP contribution in [-0.2, 0) is 10.1 Å². The molecule has 7 heteroatoms. The molecule has 3 rings (SSSR count). The van der Waals surface area contributed by atoms with Crippen molar-refractivity contribution in [3.8, 4) is 0 Å². The summed E-state index contributed by atoms with van der Waals surface area (Å²) in [5.41, 5.74) is 0.982. The summed E-state index contributed by atoms with van der Waals surface area (Å²) < 4.78 is 31.6. The molecule has 0 saturated carbocycles. The molecular weight excluding hydrogens is 265 g/mol. The molecule has 1 amide bonds. The minimum Gasteiger partial charge on any atom is -0.321 e. The molecule has 5 nitrogen and oxygen atoms in total. The van der Waals surface area contributed by atoms with E-state index in [1.54, 1.807) is 18.2 Å². The number of hydrogen-bond acceptors (Lipinski definition) is 3. The molecule has 86 valence electrons. The maximum atomic E-state index is 11.6. The van der Waals surface area contributed by atoms with Crippen molar-refractivity contribution in [3.05, 3.63) is 35.9 Å². The molecule has 1 aliphatic rings. The van der Waals surface area contributed by atoms with Crippen LogP contribution in [0.5, 0.6) is 0 Å². The summed E-state index contributed by atoms with van der Waals surface area (Å²) in [4.78, 5) is 11.4. The largest absolute Gasteiger partial charge is 1.00 e. The van der Waals surface area contributed by atoms with Gasteiger partial charge in [0.1, 0.15) is 4.90 Å². The Hall–Kier alpha value is -0.920. The number of rotatable bonds is 1. The Balaban J connectivity index is 0.00000120. The Morgan fingerprint density at radius 2 is 1.83 bits per heavy atom. The van der Waals surface area contributed by atoms with E-state index in [1.807, 2.05) is 0 Å². The van der Waals surface area contributed by atoms with E-state index in [-0.39, 0.29) is 40.4 Å². The van der Waals surface area contributed by atoms with Gasteiger partial charge in [-0.05, 0) is 18.2 Å². The van der Waals surface area contributed by atoms with E-state index < -0.39 is 10.1 Å². The molecule has 0 atom stereocenters. The van der Waals surface area contributed by atoms with E-state index in [0.717, 1.165) is 0 Å². The first-order chi connectivity index (χ1) is 7.98. The molecule has 0 aliphatic carbocycles. The number of carbonyl (C=O) groups excluding carboxylic acids is 1. The first-order valence-electron chi connectivity index (χ1n) is 4.83. The van der Waals surface area contributed by atoms with Gasteiger partial charge in [0, 0.05) is 22.0 Å². The van der Waals surface area contributed by atoms with Crippen molar-refractivity contribution in [2.24, 2.45) is 0 Å². The normalized spacial score (nSPS) is 13.3. The number of anilines is 1. The van der Waals surface area contributed by atoms with Crippen LogP contribution in [0.25, 0.3) is 10.8 Å². The molecule has 0 radical (unpaired) electrons. The van der Waals surface area contributed by atoms with E-state index >= 15 is 0 Å². The van der Waals surface area contributed by atoms with Crippen LogP contribution in [0.2, 0.25) is 0 Å². The van der Waals surface area contributed by atoms with Gasteiger partial charge >= 0.3 is 29.6 Å². The Morgan fingerprint density at radius 3 is 2.50 bits per heavy atom. The molecule has 1 heterocycles. The molecule has 2 N–H and O–H groups in total. The summed E-state index contributed by atoms with van der Waals surface area (Å²) >= 11 is 0. The van der Waals surface area contributed by atoms with Gasteiger partial charge < -0.3 is 5.32 Å². The van der Waals surface area contributed by atoms with Crippen LogP contribution in [0.1, 0.15) is 10.4 Å². The predicted molar refractivity (Wildman–Crippen MR) is 61.7 cm³/mol. The third-order valence-electron chi connectivity index (χ3n) is 2.77. The fourth-order valence-corrected chi connectivity index (χ4v) is 2.78. The second-order valence-corrected chi connectivity index (χ2v) is 5.16. The van der Waals surface area contributed by atoms with Crippen LogP contribution in [0.3, 0.4) is 0 Å². The predicted octanol–water partition coefficient (Wildman–Crippen LogP) is -1.34. The zero-order valence-electron chi connectivity index (χ0n) is 9.47. The first-order valence-corrected chi connectivity index (χ1v) is 6.27. The molecule has 18 heavy (non-hydrogen) atoms.